The highest BCUT2D eigenvalue weighted by molar-refractivity contribution is 5.97. The summed E-state index contributed by atoms with van der Waals surface area (Å²) in [6.45, 7) is 4.72. The molecule has 0 atom stereocenters. The molecule has 0 radical (unpaired) electrons. The van der Waals surface area contributed by atoms with Gasteiger partial charge in [0.05, 0.1) is 0 Å². The maximum absolute atomic E-state index is 5.68. The highest BCUT2D eigenvalue weighted by atomic mass is 15.3. The largest absolute Gasteiger partial charge is 0.370 e. The Kier molecular flexibility index (Phi) is 4.22. The molecule has 0 fully saturated rings. The fourth-order valence-electron chi connectivity index (χ4n) is 1.24. The Hall–Kier alpha value is -1.26. The fraction of sp³-hybridized carbons (Fsp3) is 0.778. The van der Waals surface area contributed by atoms with Gasteiger partial charge in [-0.2, -0.15) is 0 Å². The van der Waals surface area contributed by atoms with Gasteiger partial charge in [0.1, 0.15) is 0 Å². The Labute approximate surface area is 85.1 Å². The first kappa shape index (κ1) is 10.8. The number of hydrogen-bond donors (Lipinski definition) is 2. The van der Waals surface area contributed by atoms with E-state index in [-0.39, 0.29) is 0 Å². The summed E-state index contributed by atoms with van der Waals surface area (Å²) in [5.74, 6) is 1.29. The first-order chi connectivity index (χ1) is 6.74. The van der Waals surface area contributed by atoms with E-state index in [0.717, 1.165) is 38.4 Å². The zero-order valence-electron chi connectivity index (χ0n) is 8.95. The summed E-state index contributed by atoms with van der Waals surface area (Å²) in [4.78, 5) is 10.5. The van der Waals surface area contributed by atoms with Crippen molar-refractivity contribution in [2.24, 2.45) is 15.7 Å². The molecule has 0 aliphatic carbocycles. The minimum atomic E-state index is 0.458. The normalized spacial score (nSPS) is 18.0. The van der Waals surface area contributed by atoms with Crippen molar-refractivity contribution in [2.75, 3.05) is 26.7 Å². The summed E-state index contributed by atoms with van der Waals surface area (Å²) in [5, 5.41) is 3.01. The Bertz CT molecular complexity index is 233. The van der Waals surface area contributed by atoms with Crippen LogP contribution in [0.2, 0.25) is 0 Å². The first-order valence-electron chi connectivity index (χ1n) is 5.06. The molecule has 0 unspecified atom stereocenters. The third-order valence-corrected chi connectivity index (χ3v) is 2.02. The Morgan fingerprint density at radius 3 is 3.14 bits per heavy atom. The molecule has 0 amide bonds. The summed E-state index contributed by atoms with van der Waals surface area (Å²) in [6, 6.07) is 0. The minimum Gasteiger partial charge on any atom is -0.370 e. The van der Waals surface area contributed by atoms with E-state index < -0.39 is 0 Å². The van der Waals surface area contributed by atoms with Crippen LogP contribution < -0.4 is 11.1 Å². The number of nitrogens with zero attached hydrogens (tertiary/aromatic N) is 3. The fourth-order valence-corrected chi connectivity index (χ4v) is 1.24. The Morgan fingerprint density at radius 1 is 1.71 bits per heavy atom. The molecular weight excluding hydrogens is 178 g/mol. The van der Waals surface area contributed by atoms with Crippen LogP contribution in [-0.4, -0.2) is 43.5 Å². The Balaban J connectivity index is 2.46. The van der Waals surface area contributed by atoms with E-state index in [1.165, 1.54) is 0 Å². The van der Waals surface area contributed by atoms with Gasteiger partial charge in [-0.15, -0.1) is 0 Å². The van der Waals surface area contributed by atoms with E-state index in [1.54, 1.807) is 0 Å². The van der Waals surface area contributed by atoms with E-state index >= 15 is 0 Å². The van der Waals surface area contributed by atoms with Crippen molar-refractivity contribution in [3.8, 4) is 0 Å². The highest BCUT2D eigenvalue weighted by Gasteiger charge is 2.10. The van der Waals surface area contributed by atoms with E-state index in [0.29, 0.717) is 5.96 Å². The van der Waals surface area contributed by atoms with Gasteiger partial charge in [-0.25, -0.2) is 0 Å². The molecule has 0 saturated carbocycles. The van der Waals surface area contributed by atoms with Gasteiger partial charge in [-0.05, 0) is 12.8 Å². The van der Waals surface area contributed by atoms with Crippen molar-refractivity contribution >= 4 is 11.9 Å². The quantitative estimate of drug-likeness (QED) is 0.483. The molecular formula is C9H19N5. The van der Waals surface area contributed by atoms with Crippen molar-refractivity contribution in [3.63, 3.8) is 0 Å². The third-order valence-electron chi connectivity index (χ3n) is 2.02. The lowest BCUT2D eigenvalue weighted by atomic mass is 10.3. The van der Waals surface area contributed by atoms with Crippen molar-refractivity contribution in [1.29, 1.82) is 0 Å². The molecule has 1 aliphatic heterocycles. The SMILES string of the molecule is CCCN=C(N)NC1=NCCCN1C. The lowest BCUT2D eigenvalue weighted by molar-refractivity contribution is 0.455. The van der Waals surface area contributed by atoms with Gasteiger partial charge in [0.15, 0.2) is 5.96 Å². The van der Waals surface area contributed by atoms with Gasteiger partial charge in [0.25, 0.3) is 0 Å². The van der Waals surface area contributed by atoms with Crippen LogP contribution >= 0.6 is 0 Å². The molecule has 5 nitrogen and oxygen atoms in total. The zero-order chi connectivity index (χ0) is 10.4. The van der Waals surface area contributed by atoms with E-state index in [9.17, 15) is 0 Å². The molecule has 0 spiro atoms. The topological polar surface area (TPSA) is 66.0 Å². The van der Waals surface area contributed by atoms with Gasteiger partial charge in [0, 0.05) is 26.7 Å². The lowest BCUT2D eigenvalue weighted by Gasteiger charge is -2.25. The van der Waals surface area contributed by atoms with E-state index in [2.05, 4.69) is 27.1 Å². The van der Waals surface area contributed by atoms with Crippen molar-refractivity contribution in [3.05, 3.63) is 0 Å². The summed E-state index contributed by atoms with van der Waals surface area (Å²) < 4.78 is 0. The van der Waals surface area contributed by atoms with Gasteiger partial charge in [-0.1, -0.05) is 6.92 Å². The average molecular weight is 197 g/mol. The molecule has 0 aromatic carbocycles. The van der Waals surface area contributed by atoms with Crippen LogP contribution in [-0.2, 0) is 0 Å². The molecule has 14 heavy (non-hydrogen) atoms. The number of guanidine groups is 2. The second-order valence-corrected chi connectivity index (χ2v) is 3.37. The van der Waals surface area contributed by atoms with Crippen LogP contribution in [0, 0.1) is 0 Å². The van der Waals surface area contributed by atoms with Gasteiger partial charge < -0.3 is 10.6 Å². The third kappa shape index (κ3) is 3.24. The number of rotatable bonds is 2. The van der Waals surface area contributed by atoms with Crippen molar-refractivity contribution in [1.82, 2.24) is 10.2 Å². The lowest BCUT2D eigenvalue weighted by Crippen LogP contribution is -2.47. The summed E-state index contributed by atoms with van der Waals surface area (Å²) >= 11 is 0. The smallest absolute Gasteiger partial charge is 0.200 e. The van der Waals surface area contributed by atoms with Crippen LogP contribution in [0.4, 0.5) is 0 Å². The first-order valence-corrected chi connectivity index (χ1v) is 5.06. The molecule has 3 N–H and O–H groups in total. The molecule has 0 aromatic rings. The van der Waals surface area contributed by atoms with Gasteiger partial charge in [0.2, 0.25) is 5.96 Å². The molecule has 1 aliphatic rings. The molecule has 80 valence electrons. The van der Waals surface area contributed by atoms with Crippen LogP contribution in [0.5, 0.6) is 0 Å². The van der Waals surface area contributed by atoms with Crippen LogP contribution in [0.1, 0.15) is 19.8 Å². The number of hydrogen-bond acceptors (Lipinski definition) is 3. The predicted octanol–water partition coefficient (Wildman–Crippen LogP) is -0.00780. The minimum absolute atomic E-state index is 0.458. The monoisotopic (exact) mass is 197 g/mol. The standard InChI is InChI=1S/C9H19N5/c1-3-5-11-8(10)13-9-12-6-4-7-14(9)2/h3-7H2,1-2H3,(H3,10,11,12,13). The zero-order valence-corrected chi connectivity index (χ0v) is 8.95. The van der Waals surface area contributed by atoms with Crippen molar-refractivity contribution < 1.29 is 0 Å². The van der Waals surface area contributed by atoms with Crippen LogP contribution in [0.3, 0.4) is 0 Å². The van der Waals surface area contributed by atoms with Crippen LogP contribution in [0.15, 0.2) is 9.98 Å². The second-order valence-electron chi connectivity index (χ2n) is 3.37. The van der Waals surface area contributed by atoms with E-state index in [4.69, 9.17) is 5.73 Å². The average Bonchev–Trinajstić information content (AvgIpc) is 2.18. The summed E-state index contributed by atoms with van der Waals surface area (Å²) in [5.41, 5.74) is 5.68. The number of aliphatic imine (C=N–C) groups is 2. The molecule has 1 heterocycles. The maximum Gasteiger partial charge on any atom is 0.200 e. The summed E-state index contributed by atoms with van der Waals surface area (Å²) in [6.07, 6.45) is 2.11. The Morgan fingerprint density at radius 2 is 2.50 bits per heavy atom. The van der Waals surface area contributed by atoms with E-state index in [1.807, 2.05) is 7.05 Å². The molecule has 0 bridgehead atoms. The molecule has 5 heteroatoms. The number of nitrogens with two attached hydrogens (primary N) is 1. The van der Waals surface area contributed by atoms with Crippen LogP contribution in [0.25, 0.3) is 0 Å². The van der Waals surface area contributed by atoms with Gasteiger partial charge in [-0.3, -0.25) is 15.3 Å². The molecule has 0 aromatic heterocycles. The van der Waals surface area contributed by atoms with Crippen molar-refractivity contribution in [2.45, 2.75) is 19.8 Å². The summed E-state index contributed by atoms with van der Waals surface area (Å²) in [7, 11) is 2.00. The molecule has 0 saturated heterocycles. The highest BCUT2D eigenvalue weighted by Crippen LogP contribution is 1.97. The maximum atomic E-state index is 5.68. The van der Waals surface area contributed by atoms with Gasteiger partial charge >= 0.3 is 0 Å². The number of nitrogens with one attached hydrogen (secondary N) is 1. The second kappa shape index (κ2) is 5.47. The molecule has 1 rings (SSSR count). The predicted molar refractivity (Wildman–Crippen MR) is 59.5 cm³/mol.